The summed E-state index contributed by atoms with van der Waals surface area (Å²) < 4.78 is 1.65. The summed E-state index contributed by atoms with van der Waals surface area (Å²) >= 11 is 0. The van der Waals surface area contributed by atoms with Gasteiger partial charge in [-0.25, -0.2) is 4.79 Å². The monoisotopic (exact) mass is 263 g/mol. The normalized spacial score (nSPS) is 10.3. The van der Waals surface area contributed by atoms with Crippen molar-refractivity contribution in [3.8, 4) is 6.07 Å². The van der Waals surface area contributed by atoms with Crippen LogP contribution in [0.15, 0.2) is 12.3 Å². The number of nitriles is 1. The molecule has 2 amide bonds. The number of anilines is 1. The molecular weight excluding hydrogens is 242 g/mol. The van der Waals surface area contributed by atoms with E-state index >= 15 is 0 Å². The highest BCUT2D eigenvalue weighted by molar-refractivity contribution is 5.88. The molecule has 0 bridgehead atoms. The van der Waals surface area contributed by atoms with E-state index in [0.29, 0.717) is 31.2 Å². The lowest BCUT2D eigenvalue weighted by Crippen LogP contribution is -2.37. The van der Waals surface area contributed by atoms with Gasteiger partial charge in [0.15, 0.2) is 5.82 Å². The Kier molecular flexibility index (Phi) is 5.86. The molecule has 1 N–H and O–H groups in total. The van der Waals surface area contributed by atoms with Crippen molar-refractivity contribution in [2.75, 3.05) is 18.4 Å². The Morgan fingerprint density at radius 3 is 2.95 bits per heavy atom. The molecule has 0 unspecified atom stereocenters. The van der Waals surface area contributed by atoms with Gasteiger partial charge in [0, 0.05) is 25.4 Å². The molecule has 0 fully saturated rings. The van der Waals surface area contributed by atoms with E-state index in [4.69, 9.17) is 5.26 Å². The van der Waals surface area contributed by atoms with Crippen LogP contribution in [0.2, 0.25) is 0 Å². The van der Waals surface area contributed by atoms with Crippen LogP contribution in [0.3, 0.4) is 0 Å². The summed E-state index contributed by atoms with van der Waals surface area (Å²) in [4.78, 5) is 13.8. The molecule has 104 valence electrons. The van der Waals surface area contributed by atoms with Gasteiger partial charge in [-0.1, -0.05) is 13.8 Å². The predicted molar refractivity (Wildman–Crippen MR) is 73.6 cm³/mol. The number of carbonyl (C=O) groups is 1. The molecule has 19 heavy (non-hydrogen) atoms. The molecule has 1 aromatic heterocycles. The SMILES string of the molecule is CCN(CC(C)C)C(=O)Nc1ccn(CCC#N)n1. The largest absolute Gasteiger partial charge is 0.325 e. The molecule has 1 heterocycles. The lowest BCUT2D eigenvalue weighted by molar-refractivity contribution is 0.207. The van der Waals surface area contributed by atoms with Crippen LogP contribution in [0, 0.1) is 17.2 Å². The Morgan fingerprint density at radius 1 is 1.63 bits per heavy atom. The van der Waals surface area contributed by atoms with Gasteiger partial charge in [-0.2, -0.15) is 10.4 Å². The van der Waals surface area contributed by atoms with Gasteiger partial charge in [0.1, 0.15) is 0 Å². The average molecular weight is 263 g/mol. The quantitative estimate of drug-likeness (QED) is 0.855. The summed E-state index contributed by atoms with van der Waals surface area (Å²) in [5.74, 6) is 0.948. The predicted octanol–water partition coefficient (Wildman–Crippen LogP) is 2.31. The van der Waals surface area contributed by atoms with E-state index in [1.165, 1.54) is 0 Å². The molecule has 0 aliphatic heterocycles. The minimum absolute atomic E-state index is 0.137. The van der Waals surface area contributed by atoms with Crippen LogP contribution in [0.25, 0.3) is 0 Å². The fourth-order valence-corrected chi connectivity index (χ4v) is 1.70. The standard InChI is InChI=1S/C13H21N5O/c1-4-17(10-11(2)3)13(19)15-12-6-9-18(16-12)8-5-7-14/h6,9,11H,4-5,8,10H2,1-3H3,(H,15,16,19). The summed E-state index contributed by atoms with van der Waals surface area (Å²) in [6, 6.07) is 3.66. The van der Waals surface area contributed by atoms with E-state index < -0.39 is 0 Å². The fourth-order valence-electron chi connectivity index (χ4n) is 1.70. The van der Waals surface area contributed by atoms with Gasteiger partial charge in [0.2, 0.25) is 0 Å². The van der Waals surface area contributed by atoms with Crippen LogP contribution < -0.4 is 5.32 Å². The number of rotatable bonds is 6. The number of carbonyl (C=O) groups excluding carboxylic acids is 1. The molecule has 0 aliphatic carbocycles. The smallest absolute Gasteiger partial charge is 0.323 e. The molecule has 0 aliphatic rings. The van der Waals surface area contributed by atoms with E-state index in [1.807, 2.05) is 6.92 Å². The van der Waals surface area contributed by atoms with Crippen LogP contribution in [0.1, 0.15) is 27.2 Å². The molecule has 0 aromatic carbocycles. The Balaban J connectivity index is 2.55. The van der Waals surface area contributed by atoms with Gasteiger partial charge in [-0.05, 0) is 12.8 Å². The number of aryl methyl sites for hydroxylation is 1. The first-order valence-electron chi connectivity index (χ1n) is 6.53. The Morgan fingerprint density at radius 2 is 2.37 bits per heavy atom. The highest BCUT2D eigenvalue weighted by Crippen LogP contribution is 2.06. The third-order valence-corrected chi connectivity index (χ3v) is 2.58. The molecule has 0 radical (unpaired) electrons. The molecule has 6 nitrogen and oxygen atoms in total. The number of hydrogen-bond donors (Lipinski definition) is 1. The van der Waals surface area contributed by atoms with Crippen LogP contribution in [0.4, 0.5) is 10.6 Å². The zero-order valence-corrected chi connectivity index (χ0v) is 11.8. The second kappa shape index (κ2) is 7.41. The average Bonchev–Trinajstić information content (AvgIpc) is 2.80. The van der Waals surface area contributed by atoms with Gasteiger partial charge >= 0.3 is 6.03 Å². The van der Waals surface area contributed by atoms with Crippen LogP contribution >= 0.6 is 0 Å². The molecular formula is C13H21N5O. The summed E-state index contributed by atoms with van der Waals surface area (Å²) in [5.41, 5.74) is 0. The maximum absolute atomic E-state index is 12.0. The molecule has 0 atom stereocenters. The molecule has 1 aromatic rings. The number of nitrogens with one attached hydrogen (secondary N) is 1. The molecule has 0 saturated heterocycles. The number of aromatic nitrogens is 2. The third-order valence-electron chi connectivity index (χ3n) is 2.58. The number of urea groups is 1. The first-order valence-corrected chi connectivity index (χ1v) is 6.53. The van der Waals surface area contributed by atoms with Crippen molar-refractivity contribution < 1.29 is 4.79 Å². The Hall–Kier alpha value is -2.03. The van der Waals surface area contributed by atoms with Crippen molar-refractivity contribution >= 4 is 11.8 Å². The van der Waals surface area contributed by atoms with Gasteiger partial charge in [-0.15, -0.1) is 0 Å². The summed E-state index contributed by atoms with van der Waals surface area (Å²) in [6.45, 7) is 8.03. The molecule has 0 spiro atoms. The Labute approximate surface area is 114 Å². The first kappa shape index (κ1) is 15.0. The topological polar surface area (TPSA) is 74.0 Å². The van der Waals surface area contributed by atoms with Crippen LogP contribution in [0.5, 0.6) is 0 Å². The fraction of sp³-hybridized carbons (Fsp3) is 0.615. The van der Waals surface area contributed by atoms with Crippen molar-refractivity contribution in [3.05, 3.63) is 12.3 Å². The lowest BCUT2D eigenvalue weighted by atomic mass is 10.2. The van der Waals surface area contributed by atoms with E-state index in [0.717, 1.165) is 6.54 Å². The summed E-state index contributed by atoms with van der Waals surface area (Å²) in [7, 11) is 0. The van der Waals surface area contributed by atoms with Crippen molar-refractivity contribution in [2.24, 2.45) is 5.92 Å². The van der Waals surface area contributed by atoms with E-state index in [9.17, 15) is 4.79 Å². The first-order chi connectivity index (χ1) is 9.06. The van der Waals surface area contributed by atoms with E-state index in [2.05, 4.69) is 30.3 Å². The third kappa shape index (κ3) is 5.00. The Bertz CT molecular complexity index is 446. The maximum Gasteiger partial charge on any atom is 0.323 e. The minimum Gasteiger partial charge on any atom is -0.325 e. The summed E-state index contributed by atoms with van der Waals surface area (Å²) in [5, 5.41) is 15.5. The van der Waals surface area contributed by atoms with Crippen LogP contribution in [-0.2, 0) is 6.54 Å². The van der Waals surface area contributed by atoms with Gasteiger partial charge in [0.05, 0.1) is 19.0 Å². The van der Waals surface area contributed by atoms with Crippen molar-refractivity contribution in [1.82, 2.24) is 14.7 Å². The zero-order valence-electron chi connectivity index (χ0n) is 11.8. The second-order valence-electron chi connectivity index (χ2n) is 4.73. The lowest BCUT2D eigenvalue weighted by Gasteiger charge is -2.22. The summed E-state index contributed by atoms with van der Waals surface area (Å²) in [6.07, 6.45) is 2.16. The second-order valence-corrected chi connectivity index (χ2v) is 4.73. The number of amides is 2. The zero-order chi connectivity index (χ0) is 14.3. The van der Waals surface area contributed by atoms with Gasteiger partial charge < -0.3 is 4.90 Å². The minimum atomic E-state index is -0.137. The van der Waals surface area contributed by atoms with E-state index in [-0.39, 0.29) is 6.03 Å². The van der Waals surface area contributed by atoms with E-state index in [1.54, 1.807) is 21.8 Å². The number of hydrogen-bond acceptors (Lipinski definition) is 3. The molecule has 1 rings (SSSR count). The van der Waals surface area contributed by atoms with Gasteiger partial charge in [-0.3, -0.25) is 10.00 Å². The molecule has 0 saturated carbocycles. The van der Waals surface area contributed by atoms with Gasteiger partial charge in [0.25, 0.3) is 0 Å². The van der Waals surface area contributed by atoms with Crippen molar-refractivity contribution in [2.45, 2.75) is 33.7 Å². The van der Waals surface area contributed by atoms with Crippen molar-refractivity contribution in [1.29, 1.82) is 5.26 Å². The highest BCUT2D eigenvalue weighted by atomic mass is 16.2. The van der Waals surface area contributed by atoms with Crippen LogP contribution in [-0.4, -0.2) is 33.8 Å². The molecule has 6 heteroatoms. The number of nitrogens with zero attached hydrogens (tertiary/aromatic N) is 4. The highest BCUT2D eigenvalue weighted by Gasteiger charge is 2.13. The van der Waals surface area contributed by atoms with Crippen molar-refractivity contribution in [3.63, 3.8) is 0 Å². The maximum atomic E-state index is 12.0.